The first-order valence-electron chi connectivity index (χ1n) is 6.05. The van der Waals surface area contributed by atoms with Gasteiger partial charge in [0.15, 0.2) is 11.5 Å². The molecule has 6 heteroatoms. The topological polar surface area (TPSA) is 80.6 Å². The highest BCUT2D eigenvalue weighted by molar-refractivity contribution is 5.92. The average molecular weight is 274 g/mol. The second-order valence-corrected chi connectivity index (χ2v) is 3.96. The van der Waals surface area contributed by atoms with Crippen LogP contribution in [0, 0.1) is 11.3 Å². The lowest BCUT2D eigenvalue weighted by Crippen LogP contribution is -2.20. The van der Waals surface area contributed by atoms with Crippen LogP contribution in [0.1, 0.15) is 5.56 Å². The van der Waals surface area contributed by atoms with Crippen molar-refractivity contribution in [1.82, 2.24) is 5.32 Å². The second kappa shape index (κ2) is 6.48. The van der Waals surface area contributed by atoms with E-state index in [2.05, 4.69) is 5.32 Å². The molecule has 1 heterocycles. The molecule has 0 unspecified atom stereocenters. The number of nitrogens with zero attached hydrogens (tertiary/aromatic N) is 1. The minimum Gasteiger partial charge on any atom is -0.493 e. The van der Waals surface area contributed by atoms with Crippen molar-refractivity contribution in [3.63, 3.8) is 0 Å². The maximum Gasteiger partial charge on any atom is 0.244 e. The summed E-state index contributed by atoms with van der Waals surface area (Å²) in [5, 5.41) is 10.8. The summed E-state index contributed by atoms with van der Waals surface area (Å²) in [6, 6.07) is 5.35. The Morgan fingerprint density at radius 1 is 1.50 bits per heavy atom. The van der Waals surface area contributed by atoms with E-state index in [1.807, 2.05) is 6.07 Å². The molecular formula is C14H14N2O4. The molecule has 1 N–H and O–H groups in total. The van der Waals surface area contributed by atoms with Gasteiger partial charge in [0, 0.05) is 6.08 Å². The van der Waals surface area contributed by atoms with Crippen LogP contribution >= 0.6 is 0 Å². The van der Waals surface area contributed by atoms with E-state index in [-0.39, 0.29) is 12.5 Å². The predicted molar refractivity (Wildman–Crippen MR) is 71.6 cm³/mol. The van der Waals surface area contributed by atoms with Gasteiger partial charge >= 0.3 is 0 Å². The molecule has 0 atom stereocenters. The molecule has 0 bridgehead atoms. The Morgan fingerprint density at radius 2 is 2.30 bits per heavy atom. The summed E-state index contributed by atoms with van der Waals surface area (Å²) in [6.07, 6.45) is 2.97. The SMILES string of the molecule is COc1cc(/C=C\C(=O)NCC#N)cc2c1OCCO2. The van der Waals surface area contributed by atoms with Crippen LogP contribution in [0.5, 0.6) is 17.2 Å². The molecule has 0 saturated heterocycles. The Hall–Kier alpha value is -2.68. The molecule has 20 heavy (non-hydrogen) atoms. The molecule has 0 aromatic heterocycles. The van der Waals surface area contributed by atoms with E-state index in [4.69, 9.17) is 19.5 Å². The van der Waals surface area contributed by atoms with Crippen molar-refractivity contribution in [2.75, 3.05) is 26.9 Å². The van der Waals surface area contributed by atoms with Crippen molar-refractivity contribution in [3.8, 4) is 23.3 Å². The molecule has 0 spiro atoms. The molecular weight excluding hydrogens is 260 g/mol. The normalized spacial score (nSPS) is 12.8. The van der Waals surface area contributed by atoms with Crippen molar-refractivity contribution in [2.24, 2.45) is 0 Å². The van der Waals surface area contributed by atoms with Crippen LogP contribution in [0.4, 0.5) is 0 Å². The third-order valence-electron chi connectivity index (χ3n) is 2.62. The van der Waals surface area contributed by atoms with Gasteiger partial charge in [0.2, 0.25) is 11.7 Å². The number of amides is 1. The maximum absolute atomic E-state index is 11.4. The highest BCUT2D eigenvalue weighted by atomic mass is 16.6. The summed E-state index contributed by atoms with van der Waals surface area (Å²) in [5.41, 5.74) is 0.748. The van der Waals surface area contributed by atoms with Crippen LogP contribution in [0.15, 0.2) is 18.2 Å². The van der Waals surface area contributed by atoms with Crippen molar-refractivity contribution in [1.29, 1.82) is 5.26 Å². The Balaban J connectivity index is 2.18. The first kappa shape index (κ1) is 13.7. The average Bonchev–Trinajstić information content (AvgIpc) is 2.49. The van der Waals surface area contributed by atoms with E-state index in [0.717, 1.165) is 5.56 Å². The van der Waals surface area contributed by atoms with Crippen LogP contribution in [0.3, 0.4) is 0 Å². The molecule has 0 radical (unpaired) electrons. The van der Waals surface area contributed by atoms with Gasteiger partial charge in [-0.3, -0.25) is 4.79 Å². The lowest BCUT2D eigenvalue weighted by atomic mass is 10.1. The van der Waals surface area contributed by atoms with Gasteiger partial charge in [-0.2, -0.15) is 5.26 Å². The van der Waals surface area contributed by atoms with E-state index < -0.39 is 0 Å². The minimum atomic E-state index is -0.333. The third kappa shape index (κ3) is 3.20. The zero-order valence-electron chi connectivity index (χ0n) is 11.0. The van der Waals surface area contributed by atoms with Crippen LogP contribution in [0.25, 0.3) is 6.08 Å². The summed E-state index contributed by atoms with van der Waals surface area (Å²) >= 11 is 0. The number of nitrogens with one attached hydrogen (secondary N) is 1. The zero-order valence-corrected chi connectivity index (χ0v) is 11.0. The minimum absolute atomic E-state index is 0.0202. The molecule has 6 nitrogen and oxygen atoms in total. The van der Waals surface area contributed by atoms with Crippen molar-refractivity contribution >= 4 is 12.0 Å². The van der Waals surface area contributed by atoms with E-state index in [1.165, 1.54) is 6.08 Å². The molecule has 0 aliphatic carbocycles. The van der Waals surface area contributed by atoms with Crippen LogP contribution in [-0.4, -0.2) is 32.8 Å². The predicted octanol–water partition coefficient (Wildman–Crippen LogP) is 1.12. The summed E-state index contributed by atoms with van der Waals surface area (Å²) in [4.78, 5) is 11.4. The number of carbonyl (C=O) groups excluding carboxylic acids is 1. The van der Waals surface area contributed by atoms with Gasteiger partial charge in [0.25, 0.3) is 0 Å². The number of fused-ring (bicyclic) bond motifs is 1. The number of carbonyl (C=O) groups is 1. The molecule has 0 saturated carbocycles. The number of rotatable bonds is 4. The van der Waals surface area contributed by atoms with Gasteiger partial charge < -0.3 is 19.5 Å². The van der Waals surface area contributed by atoms with Crippen molar-refractivity contribution in [2.45, 2.75) is 0 Å². The molecule has 1 aromatic carbocycles. The van der Waals surface area contributed by atoms with Gasteiger partial charge in [0.1, 0.15) is 19.8 Å². The van der Waals surface area contributed by atoms with Gasteiger partial charge in [-0.1, -0.05) is 0 Å². The van der Waals surface area contributed by atoms with Crippen molar-refractivity contribution < 1.29 is 19.0 Å². The largest absolute Gasteiger partial charge is 0.493 e. The zero-order chi connectivity index (χ0) is 14.4. The molecule has 2 rings (SSSR count). The second-order valence-electron chi connectivity index (χ2n) is 3.96. The van der Waals surface area contributed by atoms with E-state index in [9.17, 15) is 4.79 Å². The Morgan fingerprint density at radius 3 is 3.05 bits per heavy atom. The maximum atomic E-state index is 11.4. The monoisotopic (exact) mass is 274 g/mol. The number of methoxy groups -OCH3 is 1. The summed E-state index contributed by atoms with van der Waals surface area (Å²) in [7, 11) is 1.54. The lowest BCUT2D eigenvalue weighted by Gasteiger charge is -2.20. The van der Waals surface area contributed by atoms with Gasteiger partial charge in [0.05, 0.1) is 13.2 Å². The van der Waals surface area contributed by atoms with E-state index in [0.29, 0.717) is 30.5 Å². The molecule has 1 amide bonds. The van der Waals surface area contributed by atoms with Crippen molar-refractivity contribution in [3.05, 3.63) is 23.8 Å². The van der Waals surface area contributed by atoms with Crippen LogP contribution in [-0.2, 0) is 4.79 Å². The van der Waals surface area contributed by atoms with Crippen LogP contribution < -0.4 is 19.5 Å². The number of ether oxygens (including phenoxy) is 3. The highest BCUT2D eigenvalue weighted by Crippen LogP contribution is 2.40. The number of hydrogen-bond acceptors (Lipinski definition) is 5. The Bertz CT molecular complexity index is 558. The fraction of sp³-hybridized carbons (Fsp3) is 0.286. The highest BCUT2D eigenvalue weighted by Gasteiger charge is 2.17. The summed E-state index contributed by atoms with van der Waals surface area (Å²) < 4.78 is 16.2. The Labute approximate surface area is 116 Å². The smallest absolute Gasteiger partial charge is 0.244 e. The fourth-order valence-corrected chi connectivity index (χ4v) is 1.75. The first-order chi connectivity index (χ1) is 9.74. The van der Waals surface area contributed by atoms with Gasteiger partial charge in [-0.25, -0.2) is 0 Å². The fourth-order valence-electron chi connectivity index (χ4n) is 1.75. The molecule has 1 aliphatic rings. The molecule has 104 valence electrons. The van der Waals surface area contributed by atoms with Crippen LogP contribution in [0.2, 0.25) is 0 Å². The summed E-state index contributed by atoms with van der Waals surface area (Å²) in [6.45, 7) is 0.939. The summed E-state index contributed by atoms with van der Waals surface area (Å²) in [5.74, 6) is 1.39. The third-order valence-corrected chi connectivity index (χ3v) is 2.62. The number of nitriles is 1. The lowest BCUT2D eigenvalue weighted by molar-refractivity contribution is -0.116. The first-order valence-corrected chi connectivity index (χ1v) is 6.05. The molecule has 1 aliphatic heterocycles. The molecule has 1 aromatic rings. The quantitative estimate of drug-likeness (QED) is 0.657. The van der Waals surface area contributed by atoms with E-state index in [1.54, 1.807) is 25.3 Å². The van der Waals surface area contributed by atoms with Gasteiger partial charge in [-0.15, -0.1) is 0 Å². The number of benzene rings is 1. The standard InChI is InChI=1S/C14H14N2O4/c1-18-11-8-10(2-3-13(17)16-5-4-15)9-12-14(11)20-7-6-19-12/h2-3,8-9H,5-7H2,1H3,(H,16,17)/b3-2-. The van der Waals surface area contributed by atoms with E-state index >= 15 is 0 Å². The Kier molecular flexibility index (Phi) is 4.45. The van der Waals surface area contributed by atoms with Gasteiger partial charge in [-0.05, 0) is 23.8 Å². The molecule has 0 fully saturated rings. The number of hydrogen-bond donors (Lipinski definition) is 1.